The Hall–Kier alpha value is -0.160. The van der Waals surface area contributed by atoms with Crippen molar-refractivity contribution in [1.29, 1.82) is 0 Å². The monoisotopic (exact) mass is 254 g/mol. The maximum absolute atomic E-state index is 3.75. The van der Waals surface area contributed by atoms with E-state index in [1.54, 1.807) is 0 Å². The van der Waals surface area contributed by atoms with Crippen molar-refractivity contribution in [2.75, 3.05) is 46.4 Å². The van der Waals surface area contributed by atoms with Gasteiger partial charge < -0.3 is 15.5 Å². The third kappa shape index (κ3) is 4.19. The Morgan fingerprint density at radius 2 is 1.44 bits per heavy atom. The van der Waals surface area contributed by atoms with E-state index in [9.17, 15) is 0 Å². The highest BCUT2D eigenvalue weighted by Gasteiger charge is 2.20. The summed E-state index contributed by atoms with van der Waals surface area (Å²) >= 11 is 0. The first-order valence-corrected chi connectivity index (χ1v) is 7.67. The summed E-state index contributed by atoms with van der Waals surface area (Å²) in [5.41, 5.74) is 0. The van der Waals surface area contributed by atoms with Crippen molar-refractivity contribution in [3.05, 3.63) is 0 Å². The van der Waals surface area contributed by atoms with E-state index < -0.39 is 0 Å². The molecule has 0 saturated carbocycles. The lowest BCUT2D eigenvalue weighted by Crippen LogP contribution is -2.49. The number of nitrogens with zero attached hydrogens (tertiary/aromatic N) is 2. The number of likely N-dealkylation sites (tertiary alicyclic amines) is 2. The van der Waals surface area contributed by atoms with E-state index >= 15 is 0 Å². The number of hydrogen-bond acceptors (Lipinski definition) is 4. The highest BCUT2D eigenvalue weighted by Crippen LogP contribution is 2.12. The average Bonchev–Trinajstić information content (AvgIpc) is 2.46. The van der Waals surface area contributed by atoms with Crippen molar-refractivity contribution in [2.45, 2.75) is 44.7 Å². The lowest BCUT2D eigenvalue weighted by Gasteiger charge is -2.35. The molecule has 0 bridgehead atoms. The van der Waals surface area contributed by atoms with E-state index in [-0.39, 0.29) is 0 Å². The molecule has 0 aliphatic carbocycles. The van der Waals surface area contributed by atoms with Gasteiger partial charge >= 0.3 is 0 Å². The molecule has 0 aromatic heterocycles. The molecule has 2 fully saturated rings. The maximum atomic E-state index is 3.75. The second kappa shape index (κ2) is 7.43. The van der Waals surface area contributed by atoms with Gasteiger partial charge in [0.25, 0.3) is 0 Å². The zero-order valence-corrected chi connectivity index (χ0v) is 12.1. The molecule has 2 N–H and O–H groups in total. The number of nitrogens with one attached hydrogen (secondary N) is 2. The molecule has 0 radical (unpaired) electrons. The van der Waals surface area contributed by atoms with Gasteiger partial charge in [0.2, 0.25) is 0 Å². The normalized spacial score (nSPS) is 25.7. The first-order chi connectivity index (χ1) is 8.81. The van der Waals surface area contributed by atoms with Gasteiger partial charge in [-0.3, -0.25) is 4.90 Å². The first kappa shape index (κ1) is 14.3. The van der Waals surface area contributed by atoms with Crippen LogP contribution in [-0.2, 0) is 0 Å². The summed E-state index contributed by atoms with van der Waals surface area (Å²) < 4.78 is 0. The minimum atomic E-state index is 0.744. The predicted molar refractivity (Wildman–Crippen MR) is 76.8 cm³/mol. The molecule has 2 saturated heterocycles. The molecule has 2 rings (SSSR count). The van der Waals surface area contributed by atoms with Crippen LogP contribution < -0.4 is 10.6 Å². The van der Waals surface area contributed by atoms with Crippen molar-refractivity contribution < 1.29 is 0 Å². The molecular formula is C14H30N4. The first-order valence-electron chi connectivity index (χ1n) is 7.67. The molecule has 18 heavy (non-hydrogen) atoms. The largest absolute Gasteiger partial charge is 0.317 e. The third-order valence-corrected chi connectivity index (χ3v) is 4.63. The molecule has 0 amide bonds. The van der Waals surface area contributed by atoms with Crippen LogP contribution in [0.3, 0.4) is 0 Å². The van der Waals surface area contributed by atoms with Crippen LogP contribution >= 0.6 is 0 Å². The van der Waals surface area contributed by atoms with Crippen LogP contribution in [-0.4, -0.2) is 68.3 Å². The molecule has 4 heteroatoms. The smallest absolute Gasteiger partial charge is 0.0482 e. The predicted octanol–water partition coefficient (Wildman–Crippen LogP) is 0.702. The van der Waals surface area contributed by atoms with E-state index in [0.717, 1.165) is 18.8 Å². The van der Waals surface area contributed by atoms with Crippen LogP contribution in [0.25, 0.3) is 0 Å². The Bertz CT molecular complexity index is 194. The van der Waals surface area contributed by atoms with E-state index in [4.69, 9.17) is 0 Å². The summed E-state index contributed by atoms with van der Waals surface area (Å²) in [4.78, 5) is 5.12. The van der Waals surface area contributed by atoms with Crippen molar-refractivity contribution in [3.63, 3.8) is 0 Å². The summed E-state index contributed by atoms with van der Waals surface area (Å²) in [6, 6.07) is 1.49. The number of hydrogen-bond donors (Lipinski definition) is 2. The molecule has 2 aliphatic heterocycles. The molecule has 106 valence electrons. The second-order valence-electron chi connectivity index (χ2n) is 5.75. The van der Waals surface area contributed by atoms with Crippen LogP contribution in [0.1, 0.15) is 32.6 Å². The third-order valence-electron chi connectivity index (χ3n) is 4.63. The van der Waals surface area contributed by atoms with Crippen LogP contribution in [0.4, 0.5) is 0 Å². The van der Waals surface area contributed by atoms with Crippen molar-refractivity contribution in [1.82, 2.24) is 20.4 Å². The zero-order valence-electron chi connectivity index (χ0n) is 12.1. The SMILES string of the molecule is CCN1CCC(NCN2CCC(NC)CC2)CC1. The summed E-state index contributed by atoms with van der Waals surface area (Å²) in [5.74, 6) is 0. The van der Waals surface area contributed by atoms with Crippen LogP contribution in [0.5, 0.6) is 0 Å². The second-order valence-corrected chi connectivity index (χ2v) is 5.75. The highest BCUT2D eigenvalue weighted by atomic mass is 15.2. The summed E-state index contributed by atoms with van der Waals surface area (Å²) in [5, 5.41) is 7.14. The van der Waals surface area contributed by atoms with Gasteiger partial charge in [-0.2, -0.15) is 0 Å². The van der Waals surface area contributed by atoms with Crippen molar-refractivity contribution >= 4 is 0 Å². The summed E-state index contributed by atoms with van der Waals surface area (Å²) in [6.07, 6.45) is 5.24. The van der Waals surface area contributed by atoms with Gasteiger partial charge in [-0.1, -0.05) is 6.92 Å². The Kier molecular flexibility index (Phi) is 5.89. The maximum Gasteiger partial charge on any atom is 0.0482 e. The highest BCUT2D eigenvalue weighted by molar-refractivity contribution is 4.79. The fraction of sp³-hybridized carbons (Fsp3) is 1.00. The zero-order chi connectivity index (χ0) is 12.8. The quantitative estimate of drug-likeness (QED) is 0.756. The minimum Gasteiger partial charge on any atom is -0.317 e. The molecule has 0 atom stereocenters. The van der Waals surface area contributed by atoms with E-state index in [0.29, 0.717) is 0 Å². The van der Waals surface area contributed by atoms with Gasteiger partial charge in [0.15, 0.2) is 0 Å². The van der Waals surface area contributed by atoms with Crippen LogP contribution in [0.15, 0.2) is 0 Å². The lowest BCUT2D eigenvalue weighted by molar-refractivity contribution is 0.156. The fourth-order valence-electron chi connectivity index (χ4n) is 3.09. The molecule has 2 heterocycles. The molecule has 4 nitrogen and oxygen atoms in total. The Morgan fingerprint density at radius 1 is 0.889 bits per heavy atom. The van der Waals surface area contributed by atoms with Gasteiger partial charge in [0.1, 0.15) is 0 Å². The molecule has 0 aromatic rings. The fourth-order valence-corrected chi connectivity index (χ4v) is 3.09. The van der Waals surface area contributed by atoms with Crippen molar-refractivity contribution in [3.8, 4) is 0 Å². The average molecular weight is 254 g/mol. The molecule has 2 aliphatic rings. The molecule has 0 spiro atoms. The van der Waals surface area contributed by atoms with E-state index in [1.807, 2.05) is 0 Å². The van der Waals surface area contributed by atoms with Crippen LogP contribution in [0, 0.1) is 0 Å². The Labute approximate surface area is 112 Å². The molecular weight excluding hydrogens is 224 g/mol. The van der Waals surface area contributed by atoms with Gasteiger partial charge in [-0.25, -0.2) is 0 Å². The molecule has 0 aromatic carbocycles. The van der Waals surface area contributed by atoms with Gasteiger partial charge in [-0.15, -0.1) is 0 Å². The summed E-state index contributed by atoms with van der Waals surface area (Å²) in [7, 11) is 2.08. The van der Waals surface area contributed by atoms with Gasteiger partial charge in [0.05, 0.1) is 0 Å². The number of rotatable bonds is 5. The van der Waals surface area contributed by atoms with E-state index in [2.05, 4.69) is 34.4 Å². The summed E-state index contributed by atoms with van der Waals surface area (Å²) in [6.45, 7) is 9.60. The van der Waals surface area contributed by atoms with Gasteiger partial charge in [0, 0.05) is 31.8 Å². The lowest BCUT2D eigenvalue weighted by atomic mass is 10.0. The van der Waals surface area contributed by atoms with Crippen LogP contribution in [0.2, 0.25) is 0 Å². The Morgan fingerprint density at radius 3 is 2.00 bits per heavy atom. The van der Waals surface area contributed by atoms with E-state index in [1.165, 1.54) is 58.4 Å². The minimum absolute atomic E-state index is 0.744. The standard InChI is InChI=1S/C14H30N4/c1-3-17-8-6-14(7-9-17)16-12-18-10-4-13(15-2)5-11-18/h13-16H,3-12H2,1-2H3. The number of piperidine rings is 2. The Balaban J connectivity index is 1.58. The van der Waals surface area contributed by atoms with Crippen molar-refractivity contribution in [2.24, 2.45) is 0 Å². The topological polar surface area (TPSA) is 30.5 Å². The van der Waals surface area contributed by atoms with Gasteiger partial charge in [-0.05, 0) is 52.4 Å². The molecule has 0 unspecified atom stereocenters.